The molecule has 1 unspecified atom stereocenters. The molecule has 1 aromatic rings. The van der Waals surface area contributed by atoms with Gasteiger partial charge in [0, 0.05) is 6.04 Å². The molecule has 2 heterocycles. The zero-order valence-electron chi connectivity index (χ0n) is 9.56. The van der Waals surface area contributed by atoms with E-state index < -0.39 is 4.92 Å². The highest BCUT2D eigenvalue weighted by Gasteiger charge is 2.18. The molecule has 2 rings (SSSR count). The molecule has 17 heavy (non-hydrogen) atoms. The molecule has 6 heteroatoms. The van der Waals surface area contributed by atoms with Crippen LogP contribution in [0.5, 0.6) is 0 Å². The van der Waals surface area contributed by atoms with Crippen molar-refractivity contribution in [1.82, 2.24) is 10.3 Å². The van der Waals surface area contributed by atoms with Crippen LogP contribution in [-0.4, -0.2) is 29.0 Å². The molecular formula is C11H16N4O2. The Labute approximate surface area is 99.6 Å². The lowest BCUT2D eigenvalue weighted by Crippen LogP contribution is -2.22. The molecule has 6 nitrogen and oxygen atoms in total. The van der Waals surface area contributed by atoms with E-state index in [0.29, 0.717) is 5.69 Å². The second kappa shape index (κ2) is 5.58. The summed E-state index contributed by atoms with van der Waals surface area (Å²) in [5, 5.41) is 17.4. The summed E-state index contributed by atoms with van der Waals surface area (Å²) < 4.78 is 0. The van der Waals surface area contributed by atoms with Gasteiger partial charge in [0.05, 0.1) is 0 Å². The van der Waals surface area contributed by atoms with Gasteiger partial charge in [-0.2, -0.15) is 0 Å². The molecular weight excluding hydrogens is 220 g/mol. The average molecular weight is 236 g/mol. The maximum Gasteiger partial charge on any atom is 0.386 e. The molecule has 1 saturated heterocycles. The summed E-state index contributed by atoms with van der Waals surface area (Å²) in [5.74, 6) is -0.0929. The van der Waals surface area contributed by atoms with Gasteiger partial charge in [0.15, 0.2) is 0 Å². The van der Waals surface area contributed by atoms with Crippen molar-refractivity contribution >= 4 is 11.5 Å². The second-order valence-electron chi connectivity index (χ2n) is 4.15. The third-order valence-corrected chi connectivity index (χ3v) is 2.89. The van der Waals surface area contributed by atoms with Crippen molar-refractivity contribution < 1.29 is 4.92 Å². The van der Waals surface area contributed by atoms with Crippen LogP contribution in [0.3, 0.4) is 0 Å². The first-order valence-corrected chi connectivity index (χ1v) is 5.84. The number of aromatic nitrogens is 1. The van der Waals surface area contributed by atoms with E-state index in [-0.39, 0.29) is 11.9 Å². The van der Waals surface area contributed by atoms with Crippen molar-refractivity contribution in [2.24, 2.45) is 0 Å². The SMILES string of the molecule is O=[N+]([O-])c1ncccc1NC1CCCNCC1. The topological polar surface area (TPSA) is 80.1 Å². The fraction of sp³-hybridized carbons (Fsp3) is 0.545. The first-order chi connectivity index (χ1) is 8.27. The summed E-state index contributed by atoms with van der Waals surface area (Å²) in [6.45, 7) is 1.97. The van der Waals surface area contributed by atoms with Gasteiger partial charge >= 0.3 is 5.82 Å². The van der Waals surface area contributed by atoms with Crippen molar-refractivity contribution in [3.63, 3.8) is 0 Å². The molecule has 0 saturated carbocycles. The summed E-state index contributed by atoms with van der Waals surface area (Å²) in [6, 6.07) is 3.71. The Balaban J connectivity index is 2.09. The summed E-state index contributed by atoms with van der Waals surface area (Å²) in [4.78, 5) is 14.2. The molecule has 0 radical (unpaired) electrons. The number of nitrogens with zero attached hydrogens (tertiary/aromatic N) is 2. The lowest BCUT2D eigenvalue weighted by atomic mass is 10.1. The zero-order chi connectivity index (χ0) is 12.1. The molecule has 1 aromatic heterocycles. The second-order valence-corrected chi connectivity index (χ2v) is 4.15. The van der Waals surface area contributed by atoms with Gasteiger partial charge in [-0.3, -0.25) is 0 Å². The van der Waals surface area contributed by atoms with E-state index in [1.54, 1.807) is 12.1 Å². The van der Waals surface area contributed by atoms with Crippen LogP contribution < -0.4 is 10.6 Å². The molecule has 92 valence electrons. The number of nitro groups is 1. The molecule has 0 spiro atoms. The zero-order valence-corrected chi connectivity index (χ0v) is 9.56. The molecule has 1 fully saturated rings. The highest BCUT2D eigenvalue weighted by atomic mass is 16.6. The van der Waals surface area contributed by atoms with Crippen LogP contribution in [0.25, 0.3) is 0 Å². The van der Waals surface area contributed by atoms with E-state index in [0.717, 1.165) is 32.4 Å². The van der Waals surface area contributed by atoms with Gasteiger partial charge in [0.2, 0.25) is 0 Å². The fourth-order valence-corrected chi connectivity index (χ4v) is 2.04. The highest BCUT2D eigenvalue weighted by molar-refractivity contribution is 5.57. The molecule has 0 bridgehead atoms. The largest absolute Gasteiger partial charge is 0.386 e. The summed E-state index contributed by atoms with van der Waals surface area (Å²) in [6.07, 6.45) is 4.54. The number of nitrogens with one attached hydrogen (secondary N) is 2. The van der Waals surface area contributed by atoms with Gasteiger partial charge in [-0.15, -0.1) is 0 Å². The molecule has 0 amide bonds. The lowest BCUT2D eigenvalue weighted by molar-refractivity contribution is -0.388. The van der Waals surface area contributed by atoms with Crippen LogP contribution in [0, 0.1) is 10.1 Å². The Kier molecular flexibility index (Phi) is 3.87. The van der Waals surface area contributed by atoms with Crippen LogP contribution in [0.4, 0.5) is 11.5 Å². The van der Waals surface area contributed by atoms with Gasteiger partial charge in [0.1, 0.15) is 11.9 Å². The maximum atomic E-state index is 10.8. The van der Waals surface area contributed by atoms with Gasteiger partial charge < -0.3 is 20.7 Å². The highest BCUT2D eigenvalue weighted by Crippen LogP contribution is 2.22. The standard InChI is InChI=1S/C11H16N4O2/c16-15(17)11-10(4-2-7-13-11)14-9-3-1-6-12-8-5-9/h2,4,7,9,12,14H,1,3,5-6,8H2. The van der Waals surface area contributed by atoms with E-state index in [4.69, 9.17) is 0 Å². The van der Waals surface area contributed by atoms with Crippen LogP contribution in [0.2, 0.25) is 0 Å². The third-order valence-electron chi connectivity index (χ3n) is 2.89. The summed E-state index contributed by atoms with van der Waals surface area (Å²) in [5.41, 5.74) is 0.518. The molecule has 1 atom stereocenters. The quantitative estimate of drug-likeness (QED) is 0.614. The van der Waals surface area contributed by atoms with Crippen molar-refractivity contribution in [1.29, 1.82) is 0 Å². The number of hydrogen-bond acceptors (Lipinski definition) is 5. The summed E-state index contributed by atoms with van der Waals surface area (Å²) in [7, 11) is 0. The Hall–Kier alpha value is -1.69. The Morgan fingerprint density at radius 3 is 3.18 bits per heavy atom. The normalized spacial score (nSPS) is 20.6. The predicted octanol–water partition coefficient (Wildman–Crippen LogP) is 1.54. The number of hydrogen-bond donors (Lipinski definition) is 2. The fourth-order valence-electron chi connectivity index (χ4n) is 2.04. The first-order valence-electron chi connectivity index (χ1n) is 5.84. The van der Waals surface area contributed by atoms with Gasteiger partial charge in [-0.05, 0) is 54.4 Å². The van der Waals surface area contributed by atoms with Crippen LogP contribution in [0.1, 0.15) is 19.3 Å². The smallest absolute Gasteiger partial charge is 0.375 e. The van der Waals surface area contributed by atoms with Crippen molar-refractivity contribution in [3.05, 3.63) is 28.4 Å². The first kappa shape index (κ1) is 11.8. The molecule has 1 aliphatic heterocycles. The molecule has 0 aliphatic carbocycles. The van der Waals surface area contributed by atoms with E-state index >= 15 is 0 Å². The molecule has 0 aromatic carbocycles. The van der Waals surface area contributed by atoms with Crippen LogP contribution in [0.15, 0.2) is 18.3 Å². The minimum Gasteiger partial charge on any atom is -0.375 e. The van der Waals surface area contributed by atoms with Crippen LogP contribution >= 0.6 is 0 Å². The Morgan fingerprint density at radius 2 is 2.35 bits per heavy atom. The Morgan fingerprint density at radius 1 is 1.47 bits per heavy atom. The van der Waals surface area contributed by atoms with Gasteiger partial charge in [0.25, 0.3) is 0 Å². The van der Waals surface area contributed by atoms with E-state index in [1.807, 2.05) is 0 Å². The number of rotatable bonds is 3. The lowest BCUT2D eigenvalue weighted by Gasteiger charge is -2.16. The third kappa shape index (κ3) is 3.13. The molecule has 1 aliphatic rings. The predicted molar refractivity (Wildman–Crippen MR) is 65.0 cm³/mol. The molecule has 2 N–H and O–H groups in total. The van der Waals surface area contributed by atoms with E-state index in [2.05, 4.69) is 15.6 Å². The minimum absolute atomic E-state index is 0.0929. The monoisotopic (exact) mass is 236 g/mol. The van der Waals surface area contributed by atoms with Crippen molar-refractivity contribution in [2.75, 3.05) is 18.4 Å². The number of pyridine rings is 1. The van der Waals surface area contributed by atoms with Crippen molar-refractivity contribution in [2.45, 2.75) is 25.3 Å². The maximum absolute atomic E-state index is 10.8. The average Bonchev–Trinajstić information content (AvgIpc) is 2.58. The van der Waals surface area contributed by atoms with Crippen LogP contribution in [-0.2, 0) is 0 Å². The summed E-state index contributed by atoms with van der Waals surface area (Å²) >= 11 is 0. The minimum atomic E-state index is -0.447. The Bertz CT molecular complexity index is 389. The van der Waals surface area contributed by atoms with Gasteiger partial charge in [-0.1, -0.05) is 0 Å². The van der Waals surface area contributed by atoms with Crippen molar-refractivity contribution in [3.8, 4) is 0 Å². The van der Waals surface area contributed by atoms with E-state index in [9.17, 15) is 10.1 Å². The number of anilines is 1. The van der Waals surface area contributed by atoms with E-state index in [1.165, 1.54) is 6.20 Å². The van der Waals surface area contributed by atoms with Gasteiger partial charge in [-0.25, -0.2) is 0 Å².